The molecule has 3 unspecified atom stereocenters. The minimum absolute atomic E-state index is 0.0588. The molecular formula is C12H21F3N2O. The van der Waals surface area contributed by atoms with Crippen LogP contribution in [0.5, 0.6) is 0 Å². The van der Waals surface area contributed by atoms with Gasteiger partial charge in [-0.1, -0.05) is 6.92 Å². The summed E-state index contributed by atoms with van der Waals surface area (Å²) in [5.74, 6) is -0.634. The van der Waals surface area contributed by atoms with E-state index in [-0.39, 0.29) is 30.3 Å². The minimum Gasteiger partial charge on any atom is -0.334 e. The first-order chi connectivity index (χ1) is 8.24. The van der Waals surface area contributed by atoms with Gasteiger partial charge in [-0.25, -0.2) is 0 Å². The highest BCUT2D eigenvalue weighted by molar-refractivity contribution is 5.79. The highest BCUT2D eigenvalue weighted by atomic mass is 19.4. The fourth-order valence-corrected chi connectivity index (χ4v) is 2.60. The van der Waals surface area contributed by atoms with E-state index in [4.69, 9.17) is 5.73 Å². The van der Waals surface area contributed by atoms with Crippen molar-refractivity contribution in [2.45, 2.75) is 45.3 Å². The third kappa shape index (κ3) is 4.15. The molecule has 0 aromatic rings. The van der Waals surface area contributed by atoms with Crippen LogP contribution in [0.3, 0.4) is 0 Å². The molecule has 0 radical (unpaired) electrons. The highest BCUT2D eigenvalue weighted by Gasteiger charge is 2.37. The van der Waals surface area contributed by atoms with Gasteiger partial charge in [-0.05, 0) is 32.1 Å². The van der Waals surface area contributed by atoms with E-state index in [1.165, 1.54) is 0 Å². The van der Waals surface area contributed by atoms with E-state index >= 15 is 0 Å². The maximum absolute atomic E-state index is 12.4. The Bertz CT molecular complexity index is 294. The molecule has 2 N–H and O–H groups in total. The third-order valence-corrected chi connectivity index (χ3v) is 3.59. The maximum atomic E-state index is 12.4. The topological polar surface area (TPSA) is 46.3 Å². The van der Waals surface area contributed by atoms with Gasteiger partial charge < -0.3 is 10.6 Å². The van der Waals surface area contributed by atoms with Crippen molar-refractivity contribution >= 4 is 5.91 Å². The molecule has 0 heterocycles. The number of hydrogen-bond donors (Lipinski definition) is 1. The van der Waals surface area contributed by atoms with E-state index in [0.29, 0.717) is 19.3 Å². The molecule has 0 aromatic heterocycles. The van der Waals surface area contributed by atoms with Gasteiger partial charge in [0.05, 0.1) is 0 Å². The zero-order valence-corrected chi connectivity index (χ0v) is 10.8. The number of nitrogens with two attached hydrogens (primary N) is 1. The summed E-state index contributed by atoms with van der Waals surface area (Å²) in [4.78, 5) is 13.0. The largest absolute Gasteiger partial charge is 0.406 e. The van der Waals surface area contributed by atoms with Crippen LogP contribution in [0.2, 0.25) is 0 Å². The molecule has 1 fully saturated rings. The van der Waals surface area contributed by atoms with Gasteiger partial charge in [-0.2, -0.15) is 13.2 Å². The van der Waals surface area contributed by atoms with Crippen molar-refractivity contribution < 1.29 is 18.0 Å². The normalized spacial score (nSPS) is 29.1. The number of nitrogens with zero attached hydrogens (tertiary/aromatic N) is 1. The van der Waals surface area contributed by atoms with Crippen LogP contribution in [0.25, 0.3) is 0 Å². The van der Waals surface area contributed by atoms with Crippen molar-refractivity contribution in [3.8, 4) is 0 Å². The van der Waals surface area contributed by atoms with Gasteiger partial charge in [0.25, 0.3) is 0 Å². The van der Waals surface area contributed by atoms with Crippen LogP contribution < -0.4 is 5.73 Å². The monoisotopic (exact) mass is 266 g/mol. The standard InChI is InChI=1S/C12H21F3N2O/c1-3-17(7-12(13,14)15)11(18)10-5-4-9(16)6-8(10)2/h8-10H,3-7,16H2,1-2H3. The first kappa shape index (κ1) is 15.3. The van der Waals surface area contributed by atoms with Crippen molar-refractivity contribution in [2.75, 3.05) is 13.1 Å². The Kier molecular flexibility index (Phi) is 5.01. The Balaban J connectivity index is 2.66. The molecule has 1 aliphatic carbocycles. The summed E-state index contributed by atoms with van der Waals surface area (Å²) in [7, 11) is 0. The van der Waals surface area contributed by atoms with Crippen molar-refractivity contribution in [1.29, 1.82) is 0 Å². The SMILES string of the molecule is CCN(CC(F)(F)F)C(=O)C1CCC(N)CC1C. The molecule has 1 aliphatic rings. The van der Waals surface area contributed by atoms with E-state index < -0.39 is 12.7 Å². The number of carbonyl (C=O) groups is 1. The van der Waals surface area contributed by atoms with E-state index in [1.54, 1.807) is 6.92 Å². The van der Waals surface area contributed by atoms with E-state index in [0.717, 1.165) is 4.90 Å². The van der Waals surface area contributed by atoms with Crippen LogP contribution in [-0.4, -0.2) is 36.1 Å². The predicted octanol–water partition coefficient (Wildman–Crippen LogP) is 2.16. The summed E-state index contributed by atoms with van der Waals surface area (Å²) in [5, 5.41) is 0. The van der Waals surface area contributed by atoms with Crippen LogP contribution in [0.15, 0.2) is 0 Å². The molecule has 3 nitrogen and oxygen atoms in total. The Morgan fingerprint density at radius 2 is 2.00 bits per heavy atom. The zero-order valence-electron chi connectivity index (χ0n) is 10.8. The quantitative estimate of drug-likeness (QED) is 0.851. The van der Waals surface area contributed by atoms with Crippen molar-refractivity contribution in [2.24, 2.45) is 17.6 Å². The second-order valence-corrected chi connectivity index (χ2v) is 5.12. The molecule has 1 amide bonds. The number of alkyl halides is 3. The number of hydrogen-bond acceptors (Lipinski definition) is 2. The van der Waals surface area contributed by atoms with Crippen LogP contribution in [-0.2, 0) is 4.79 Å². The molecule has 106 valence electrons. The lowest BCUT2D eigenvalue weighted by Gasteiger charge is -2.35. The molecule has 0 saturated heterocycles. The van der Waals surface area contributed by atoms with Gasteiger partial charge >= 0.3 is 6.18 Å². The summed E-state index contributed by atoms with van der Waals surface area (Å²) < 4.78 is 37.1. The lowest BCUT2D eigenvalue weighted by molar-refractivity contribution is -0.165. The van der Waals surface area contributed by atoms with Gasteiger partial charge in [0.1, 0.15) is 6.54 Å². The molecule has 3 atom stereocenters. The van der Waals surface area contributed by atoms with Crippen LogP contribution in [0.4, 0.5) is 13.2 Å². The minimum atomic E-state index is -4.33. The molecule has 6 heteroatoms. The molecule has 1 rings (SSSR count). The molecule has 0 aliphatic heterocycles. The number of amides is 1. The average molecular weight is 266 g/mol. The first-order valence-corrected chi connectivity index (χ1v) is 6.35. The second-order valence-electron chi connectivity index (χ2n) is 5.12. The number of halogens is 3. The smallest absolute Gasteiger partial charge is 0.334 e. The fourth-order valence-electron chi connectivity index (χ4n) is 2.60. The molecule has 0 bridgehead atoms. The lowest BCUT2D eigenvalue weighted by Crippen LogP contribution is -2.46. The number of carbonyl (C=O) groups excluding carboxylic acids is 1. The first-order valence-electron chi connectivity index (χ1n) is 6.35. The zero-order chi connectivity index (χ0) is 13.9. The summed E-state index contributed by atoms with van der Waals surface area (Å²) in [6.45, 7) is 2.40. The summed E-state index contributed by atoms with van der Waals surface area (Å²) in [5.41, 5.74) is 5.79. The lowest BCUT2D eigenvalue weighted by atomic mass is 9.77. The number of rotatable bonds is 3. The van der Waals surface area contributed by atoms with Crippen LogP contribution in [0, 0.1) is 11.8 Å². The second kappa shape index (κ2) is 5.91. The maximum Gasteiger partial charge on any atom is 0.406 e. The van der Waals surface area contributed by atoms with Gasteiger partial charge in [0.2, 0.25) is 5.91 Å². The summed E-state index contributed by atoms with van der Waals surface area (Å²) in [6, 6.07) is 0.0711. The molecular weight excluding hydrogens is 245 g/mol. The fraction of sp³-hybridized carbons (Fsp3) is 0.917. The van der Waals surface area contributed by atoms with Crippen LogP contribution >= 0.6 is 0 Å². The predicted molar refractivity (Wildman–Crippen MR) is 62.8 cm³/mol. The molecule has 0 aromatic carbocycles. The van der Waals surface area contributed by atoms with Gasteiger partial charge in [0, 0.05) is 18.5 Å². The van der Waals surface area contributed by atoms with E-state index in [9.17, 15) is 18.0 Å². The van der Waals surface area contributed by atoms with Gasteiger partial charge in [-0.15, -0.1) is 0 Å². The molecule has 0 spiro atoms. The van der Waals surface area contributed by atoms with Gasteiger partial charge in [-0.3, -0.25) is 4.79 Å². The Labute approximate surface area is 106 Å². The van der Waals surface area contributed by atoms with Crippen molar-refractivity contribution in [1.82, 2.24) is 4.90 Å². The van der Waals surface area contributed by atoms with Crippen LogP contribution in [0.1, 0.15) is 33.1 Å². The summed E-state index contributed by atoms with van der Waals surface area (Å²) >= 11 is 0. The van der Waals surface area contributed by atoms with Crippen molar-refractivity contribution in [3.63, 3.8) is 0 Å². The van der Waals surface area contributed by atoms with Crippen molar-refractivity contribution in [3.05, 3.63) is 0 Å². The van der Waals surface area contributed by atoms with Gasteiger partial charge in [0.15, 0.2) is 0 Å². The molecule has 1 saturated carbocycles. The Morgan fingerprint density at radius 3 is 2.44 bits per heavy atom. The highest BCUT2D eigenvalue weighted by Crippen LogP contribution is 2.31. The molecule has 18 heavy (non-hydrogen) atoms. The Hall–Kier alpha value is -0.780. The van der Waals surface area contributed by atoms with E-state index in [2.05, 4.69) is 0 Å². The van der Waals surface area contributed by atoms with E-state index in [1.807, 2.05) is 6.92 Å². The average Bonchev–Trinajstić information content (AvgIpc) is 2.24. The Morgan fingerprint density at radius 1 is 1.39 bits per heavy atom. The summed E-state index contributed by atoms with van der Waals surface area (Å²) in [6.07, 6.45) is -2.32. The third-order valence-electron chi connectivity index (χ3n) is 3.59.